The molecule has 0 saturated carbocycles. The highest BCUT2D eigenvalue weighted by Gasteiger charge is 2.43. The van der Waals surface area contributed by atoms with E-state index in [2.05, 4.69) is 16.2 Å². The molecule has 7 nitrogen and oxygen atoms in total. The molecule has 1 N–H and O–H groups in total. The van der Waals surface area contributed by atoms with Gasteiger partial charge >= 0.3 is 0 Å². The van der Waals surface area contributed by atoms with E-state index in [0.29, 0.717) is 25.3 Å². The fourth-order valence-electron chi connectivity index (χ4n) is 4.26. The molecule has 2 aromatic carbocycles. The van der Waals surface area contributed by atoms with E-state index >= 15 is 0 Å². The number of nitrogens with zero attached hydrogens (tertiary/aromatic N) is 3. The van der Waals surface area contributed by atoms with Crippen molar-refractivity contribution < 1.29 is 14.3 Å². The van der Waals surface area contributed by atoms with Gasteiger partial charge in [-0.25, -0.2) is 5.01 Å². The van der Waals surface area contributed by atoms with Crippen LogP contribution in [0, 0.1) is 0 Å². The van der Waals surface area contributed by atoms with Gasteiger partial charge in [-0.1, -0.05) is 30.3 Å². The third kappa shape index (κ3) is 3.03. The van der Waals surface area contributed by atoms with Gasteiger partial charge in [0.2, 0.25) is 5.91 Å². The van der Waals surface area contributed by atoms with E-state index in [1.165, 1.54) is 5.01 Å². The molecule has 0 aliphatic carbocycles. The third-order valence-electron chi connectivity index (χ3n) is 5.70. The van der Waals surface area contributed by atoms with Gasteiger partial charge in [0, 0.05) is 28.6 Å². The zero-order valence-electron chi connectivity index (χ0n) is 16.7. The maximum Gasteiger partial charge on any atom is 0.266 e. The van der Waals surface area contributed by atoms with Crippen LogP contribution in [0.4, 0.5) is 0 Å². The molecule has 3 aromatic rings. The minimum absolute atomic E-state index is 0.0573. The fraction of sp³-hybridized carbons (Fsp3) is 0.261. The number of ether oxygens (including phenoxy) is 1. The first-order chi connectivity index (χ1) is 14.7. The Morgan fingerprint density at radius 3 is 2.80 bits per heavy atom. The number of aromatic nitrogens is 1. The van der Waals surface area contributed by atoms with Crippen LogP contribution in [0.1, 0.15) is 23.7 Å². The maximum absolute atomic E-state index is 13.2. The van der Waals surface area contributed by atoms with E-state index in [0.717, 1.165) is 27.7 Å². The number of para-hydroxylation sites is 2. The highest BCUT2D eigenvalue weighted by molar-refractivity contribution is 5.97. The van der Waals surface area contributed by atoms with Crippen LogP contribution >= 0.6 is 0 Å². The van der Waals surface area contributed by atoms with Crippen molar-refractivity contribution in [3.63, 3.8) is 0 Å². The van der Waals surface area contributed by atoms with Gasteiger partial charge < -0.3 is 14.6 Å². The second-order valence-electron chi connectivity index (χ2n) is 7.48. The molecule has 5 rings (SSSR count). The molecular weight excluding hydrogens is 380 g/mol. The molecule has 3 heterocycles. The normalized spacial score (nSPS) is 18.8. The monoisotopic (exact) mass is 402 g/mol. The van der Waals surface area contributed by atoms with E-state index < -0.39 is 6.04 Å². The number of fused-ring (bicyclic) bond motifs is 4. The Balaban J connectivity index is 1.43. The number of H-pyrrole nitrogens is 1. The lowest BCUT2D eigenvalue weighted by molar-refractivity contribution is -0.157. The first-order valence-corrected chi connectivity index (χ1v) is 10.1. The van der Waals surface area contributed by atoms with Gasteiger partial charge in [0.05, 0.1) is 19.4 Å². The Morgan fingerprint density at radius 2 is 1.93 bits per heavy atom. The molecule has 0 unspecified atom stereocenters. The van der Waals surface area contributed by atoms with Crippen LogP contribution < -0.4 is 4.74 Å². The Morgan fingerprint density at radius 1 is 1.13 bits per heavy atom. The minimum atomic E-state index is -0.530. The van der Waals surface area contributed by atoms with Crippen LogP contribution in [0.2, 0.25) is 0 Å². The number of nitrogens with one attached hydrogen (secondary N) is 1. The Labute approximate surface area is 173 Å². The molecule has 152 valence electrons. The molecule has 0 spiro atoms. The zero-order chi connectivity index (χ0) is 20.7. The maximum atomic E-state index is 13.2. The largest absolute Gasteiger partial charge is 0.493 e. The fourth-order valence-corrected chi connectivity index (χ4v) is 4.26. The molecule has 1 fully saturated rings. The number of carbonyl (C=O) groups is 2. The van der Waals surface area contributed by atoms with Crippen molar-refractivity contribution in [2.45, 2.75) is 25.9 Å². The molecule has 1 atom stereocenters. The Hall–Kier alpha value is -3.61. The molecule has 7 heteroatoms. The topological polar surface area (TPSA) is 78.0 Å². The van der Waals surface area contributed by atoms with Gasteiger partial charge in [0.1, 0.15) is 18.3 Å². The minimum Gasteiger partial charge on any atom is -0.493 e. The van der Waals surface area contributed by atoms with E-state index in [4.69, 9.17) is 4.74 Å². The van der Waals surface area contributed by atoms with Crippen LogP contribution in [0.15, 0.2) is 53.6 Å². The molecule has 0 bridgehead atoms. The van der Waals surface area contributed by atoms with E-state index in [1.807, 2.05) is 49.4 Å². The van der Waals surface area contributed by atoms with Gasteiger partial charge in [-0.2, -0.15) is 5.10 Å². The van der Waals surface area contributed by atoms with Crippen molar-refractivity contribution in [1.29, 1.82) is 0 Å². The van der Waals surface area contributed by atoms with Crippen LogP contribution in [0.25, 0.3) is 10.9 Å². The first kappa shape index (κ1) is 18.4. The standard InChI is InChI=1S/C23H22N4O3/c1-2-30-21-10-6-3-7-15(21)12-24-27-14-22(28)26-13-19-17(11-20(26)23(27)29)16-8-4-5-9-18(16)25-19/h3-10,12,20,25H,2,11,13-14H2,1H3/b24-12-/t20-/m0/s1. The van der Waals surface area contributed by atoms with Gasteiger partial charge in [-0.15, -0.1) is 0 Å². The third-order valence-corrected chi connectivity index (χ3v) is 5.70. The van der Waals surface area contributed by atoms with E-state index in [1.54, 1.807) is 11.1 Å². The summed E-state index contributed by atoms with van der Waals surface area (Å²) in [4.78, 5) is 31.1. The van der Waals surface area contributed by atoms with Crippen LogP contribution in [0.5, 0.6) is 5.75 Å². The number of benzene rings is 2. The predicted octanol–water partition coefficient (Wildman–Crippen LogP) is 2.70. The number of carbonyl (C=O) groups excluding carboxylic acids is 2. The average molecular weight is 402 g/mol. The lowest BCUT2D eigenvalue weighted by Gasteiger charge is -2.40. The summed E-state index contributed by atoms with van der Waals surface area (Å²) in [6, 6.07) is 15.0. The number of rotatable bonds is 4. The second kappa shape index (κ2) is 7.33. The molecule has 30 heavy (non-hydrogen) atoms. The predicted molar refractivity (Wildman–Crippen MR) is 113 cm³/mol. The summed E-state index contributed by atoms with van der Waals surface area (Å²) in [5.74, 6) is 0.442. The summed E-state index contributed by atoms with van der Waals surface area (Å²) in [5.41, 5.74) is 3.92. The molecule has 2 aliphatic rings. The van der Waals surface area contributed by atoms with Crippen molar-refractivity contribution in [2.75, 3.05) is 13.2 Å². The molecule has 1 saturated heterocycles. The Bertz CT molecular complexity index is 1170. The lowest BCUT2D eigenvalue weighted by atomic mass is 9.94. The van der Waals surface area contributed by atoms with Gasteiger partial charge in [0.25, 0.3) is 5.91 Å². The number of hydrogen-bond donors (Lipinski definition) is 1. The van der Waals surface area contributed by atoms with E-state index in [9.17, 15) is 9.59 Å². The van der Waals surface area contributed by atoms with Crippen molar-refractivity contribution in [3.05, 3.63) is 65.4 Å². The summed E-state index contributed by atoms with van der Waals surface area (Å²) in [6.45, 7) is 2.82. The van der Waals surface area contributed by atoms with Crippen molar-refractivity contribution in [1.82, 2.24) is 14.9 Å². The molecule has 2 amide bonds. The summed E-state index contributed by atoms with van der Waals surface area (Å²) < 4.78 is 5.61. The van der Waals surface area contributed by atoms with Crippen LogP contribution in [-0.4, -0.2) is 52.1 Å². The summed E-state index contributed by atoms with van der Waals surface area (Å²) in [6.07, 6.45) is 2.08. The van der Waals surface area contributed by atoms with Crippen molar-refractivity contribution in [2.24, 2.45) is 5.10 Å². The zero-order valence-corrected chi connectivity index (χ0v) is 16.7. The SMILES string of the molecule is CCOc1ccccc1/C=N\N1CC(=O)N2Cc3[nH]c4ccccc4c3C[C@H]2C1=O. The second-order valence-corrected chi connectivity index (χ2v) is 7.48. The van der Waals surface area contributed by atoms with Crippen molar-refractivity contribution >= 4 is 28.9 Å². The highest BCUT2D eigenvalue weighted by atomic mass is 16.5. The molecular formula is C23H22N4O3. The summed E-state index contributed by atoms with van der Waals surface area (Å²) in [7, 11) is 0. The van der Waals surface area contributed by atoms with Crippen LogP contribution in [-0.2, 0) is 22.6 Å². The summed E-state index contributed by atoms with van der Waals surface area (Å²) >= 11 is 0. The number of amides is 2. The summed E-state index contributed by atoms with van der Waals surface area (Å²) in [5, 5.41) is 6.74. The van der Waals surface area contributed by atoms with Crippen LogP contribution in [0.3, 0.4) is 0 Å². The van der Waals surface area contributed by atoms with Crippen molar-refractivity contribution in [3.8, 4) is 5.75 Å². The number of hydrogen-bond acceptors (Lipinski definition) is 4. The first-order valence-electron chi connectivity index (χ1n) is 10.1. The highest BCUT2D eigenvalue weighted by Crippen LogP contribution is 2.32. The van der Waals surface area contributed by atoms with Gasteiger partial charge in [-0.3, -0.25) is 9.59 Å². The lowest BCUT2D eigenvalue weighted by Crippen LogP contribution is -2.60. The number of aromatic amines is 1. The number of piperazine rings is 1. The molecule has 2 aliphatic heterocycles. The van der Waals surface area contributed by atoms with Gasteiger partial charge in [0.15, 0.2) is 0 Å². The number of hydrazone groups is 1. The quantitative estimate of drug-likeness (QED) is 0.682. The van der Waals surface area contributed by atoms with E-state index in [-0.39, 0.29) is 18.4 Å². The van der Waals surface area contributed by atoms with Gasteiger partial charge in [-0.05, 0) is 30.7 Å². The smallest absolute Gasteiger partial charge is 0.266 e. The molecule has 1 aromatic heterocycles. The average Bonchev–Trinajstić information content (AvgIpc) is 3.13. The Kier molecular flexibility index (Phi) is 4.50. The molecule has 0 radical (unpaired) electrons.